The minimum absolute atomic E-state index is 0.0923. The summed E-state index contributed by atoms with van der Waals surface area (Å²) in [6.45, 7) is 5.95. The van der Waals surface area contributed by atoms with Gasteiger partial charge in [-0.3, -0.25) is 4.79 Å². The van der Waals surface area contributed by atoms with Crippen LogP contribution in [0, 0.1) is 0 Å². The second kappa shape index (κ2) is 4.58. The fraction of sp³-hybridized carbons (Fsp3) is 0.889. The lowest BCUT2D eigenvalue weighted by Gasteiger charge is -2.32. The minimum atomic E-state index is -0.0923. The molecule has 76 valence electrons. The van der Waals surface area contributed by atoms with Crippen LogP contribution in [0.2, 0.25) is 0 Å². The molecule has 1 saturated heterocycles. The smallest absolute Gasteiger partial charge is 0.239 e. The van der Waals surface area contributed by atoms with Gasteiger partial charge in [0.1, 0.15) is 0 Å². The van der Waals surface area contributed by atoms with Crippen LogP contribution < -0.4 is 5.32 Å². The van der Waals surface area contributed by atoms with Crippen molar-refractivity contribution in [2.45, 2.75) is 26.0 Å². The number of rotatable bonds is 2. The zero-order chi connectivity index (χ0) is 9.84. The third kappa shape index (κ3) is 2.67. The largest absolute Gasteiger partial charge is 0.375 e. The van der Waals surface area contributed by atoms with Gasteiger partial charge in [0, 0.05) is 13.1 Å². The Morgan fingerprint density at radius 1 is 1.69 bits per heavy atom. The monoisotopic (exact) mass is 186 g/mol. The third-order valence-electron chi connectivity index (χ3n) is 2.36. The van der Waals surface area contributed by atoms with Crippen molar-refractivity contribution in [1.29, 1.82) is 0 Å². The summed E-state index contributed by atoms with van der Waals surface area (Å²) in [6.07, 6.45) is 0.168. The molecule has 0 aliphatic carbocycles. The highest BCUT2D eigenvalue weighted by Gasteiger charge is 2.24. The molecule has 4 heteroatoms. The molecule has 1 aliphatic rings. The van der Waals surface area contributed by atoms with Crippen molar-refractivity contribution in [3.05, 3.63) is 0 Å². The van der Waals surface area contributed by atoms with Crippen LogP contribution in [0.1, 0.15) is 13.8 Å². The predicted molar refractivity (Wildman–Crippen MR) is 50.5 cm³/mol. The fourth-order valence-electron chi connectivity index (χ4n) is 1.42. The van der Waals surface area contributed by atoms with Gasteiger partial charge < -0.3 is 15.0 Å². The Morgan fingerprint density at radius 3 is 2.92 bits per heavy atom. The molecule has 0 aromatic carbocycles. The second-order valence-electron chi connectivity index (χ2n) is 3.48. The maximum atomic E-state index is 11.7. The number of ether oxygens (including phenoxy) is 1. The summed E-state index contributed by atoms with van der Waals surface area (Å²) >= 11 is 0. The van der Waals surface area contributed by atoms with Crippen LogP contribution in [0.5, 0.6) is 0 Å². The van der Waals surface area contributed by atoms with Crippen molar-refractivity contribution in [1.82, 2.24) is 10.2 Å². The lowest BCUT2D eigenvalue weighted by atomic mass is 10.2. The number of carbonyl (C=O) groups excluding carboxylic acids is 1. The van der Waals surface area contributed by atoms with Gasteiger partial charge in [0.15, 0.2) is 0 Å². The van der Waals surface area contributed by atoms with Gasteiger partial charge in [-0.25, -0.2) is 0 Å². The van der Waals surface area contributed by atoms with Crippen molar-refractivity contribution in [3.63, 3.8) is 0 Å². The van der Waals surface area contributed by atoms with Crippen LogP contribution in [0.25, 0.3) is 0 Å². The third-order valence-corrected chi connectivity index (χ3v) is 2.36. The first-order chi connectivity index (χ1) is 6.15. The zero-order valence-electron chi connectivity index (χ0n) is 8.54. The molecule has 0 saturated carbocycles. The number of amides is 1. The van der Waals surface area contributed by atoms with Gasteiger partial charge in [-0.05, 0) is 20.9 Å². The Kier molecular flexibility index (Phi) is 3.69. The Hall–Kier alpha value is -0.610. The number of hydrogen-bond donors (Lipinski definition) is 1. The van der Waals surface area contributed by atoms with Crippen LogP contribution in [-0.4, -0.2) is 49.7 Å². The van der Waals surface area contributed by atoms with Gasteiger partial charge in [-0.2, -0.15) is 0 Å². The first kappa shape index (κ1) is 10.5. The van der Waals surface area contributed by atoms with Crippen LogP contribution in [0.3, 0.4) is 0 Å². The van der Waals surface area contributed by atoms with E-state index >= 15 is 0 Å². The Bertz CT molecular complexity index is 184. The highest BCUT2D eigenvalue weighted by molar-refractivity contribution is 5.81. The van der Waals surface area contributed by atoms with Crippen LogP contribution in [0.4, 0.5) is 0 Å². The average Bonchev–Trinajstić information content (AvgIpc) is 2.15. The number of likely N-dealkylation sites (N-methyl/N-ethyl adjacent to an activating group) is 1. The number of carbonyl (C=O) groups is 1. The molecule has 13 heavy (non-hydrogen) atoms. The van der Waals surface area contributed by atoms with Gasteiger partial charge >= 0.3 is 0 Å². The predicted octanol–water partition coefficient (Wildman–Crippen LogP) is -0.158. The molecule has 2 atom stereocenters. The van der Waals surface area contributed by atoms with E-state index in [0.717, 1.165) is 6.54 Å². The molecular weight excluding hydrogens is 168 g/mol. The topological polar surface area (TPSA) is 41.6 Å². The van der Waals surface area contributed by atoms with Gasteiger partial charge in [0.2, 0.25) is 5.91 Å². The summed E-state index contributed by atoms with van der Waals surface area (Å²) in [4.78, 5) is 13.5. The van der Waals surface area contributed by atoms with Crippen molar-refractivity contribution in [2.24, 2.45) is 0 Å². The molecule has 1 aliphatic heterocycles. The molecule has 1 amide bonds. The lowest BCUT2D eigenvalue weighted by Crippen LogP contribution is -2.50. The second-order valence-corrected chi connectivity index (χ2v) is 3.48. The van der Waals surface area contributed by atoms with E-state index in [1.165, 1.54) is 0 Å². The van der Waals surface area contributed by atoms with Crippen LogP contribution in [-0.2, 0) is 9.53 Å². The van der Waals surface area contributed by atoms with E-state index in [0.29, 0.717) is 13.2 Å². The van der Waals surface area contributed by atoms with Crippen molar-refractivity contribution >= 4 is 5.91 Å². The highest BCUT2D eigenvalue weighted by Crippen LogP contribution is 2.05. The standard InChI is InChI=1S/C9H18N2O2/c1-7-6-11(4-5-13-7)9(12)8(2)10-3/h7-8,10H,4-6H2,1-3H3. The number of morpholine rings is 1. The van der Waals surface area contributed by atoms with Crippen molar-refractivity contribution < 1.29 is 9.53 Å². The first-order valence-electron chi connectivity index (χ1n) is 4.72. The quantitative estimate of drug-likeness (QED) is 0.651. The normalized spacial score (nSPS) is 25.8. The molecular formula is C9H18N2O2. The number of nitrogens with one attached hydrogen (secondary N) is 1. The van der Waals surface area contributed by atoms with Gasteiger partial charge in [0.25, 0.3) is 0 Å². The maximum Gasteiger partial charge on any atom is 0.239 e. The van der Waals surface area contributed by atoms with E-state index in [9.17, 15) is 4.79 Å². The van der Waals surface area contributed by atoms with E-state index in [4.69, 9.17) is 4.74 Å². The molecule has 0 radical (unpaired) electrons. The molecule has 0 aromatic heterocycles. The molecule has 1 heterocycles. The SMILES string of the molecule is CNC(C)C(=O)N1CCOC(C)C1. The van der Waals surface area contributed by atoms with Gasteiger partial charge in [0.05, 0.1) is 18.8 Å². The molecule has 0 spiro atoms. The molecule has 0 aromatic rings. The molecule has 1 N–H and O–H groups in total. The average molecular weight is 186 g/mol. The van der Waals surface area contributed by atoms with Crippen LogP contribution in [0.15, 0.2) is 0 Å². The van der Waals surface area contributed by atoms with E-state index in [-0.39, 0.29) is 18.1 Å². The first-order valence-corrected chi connectivity index (χ1v) is 4.72. The molecule has 2 unspecified atom stereocenters. The molecule has 1 fully saturated rings. The maximum absolute atomic E-state index is 11.7. The molecule has 0 bridgehead atoms. The van der Waals surface area contributed by atoms with E-state index in [1.807, 2.05) is 18.7 Å². The van der Waals surface area contributed by atoms with E-state index < -0.39 is 0 Å². The van der Waals surface area contributed by atoms with Gasteiger partial charge in [-0.15, -0.1) is 0 Å². The lowest BCUT2D eigenvalue weighted by molar-refractivity contribution is -0.139. The summed E-state index contributed by atoms with van der Waals surface area (Å²) in [6, 6.07) is -0.0923. The Labute approximate surface area is 79.2 Å². The highest BCUT2D eigenvalue weighted by atomic mass is 16.5. The molecule has 4 nitrogen and oxygen atoms in total. The Morgan fingerprint density at radius 2 is 2.38 bits per heavy atom. The summed E-state index contributed by atoms with van der Waals surface area (Å²) < 4.78 is 5.36. The zero-order valence-corrected chi connectivity index (χ0v) is 8.54. The van der Waals surface area contributed by atoms with Crippen molar-refractivity contribution in [2.75, 3.05) is 26.7 Å². The molecule has 1 rings (SSSR count). The summed E-state index contributed by atoms with van der Waals surface area (Å²) in [5.74, 6) is 0.164. The summed E-state index contributed by atoms with van der Waals surface area (Å²) in [7, 11) is 1.80. The number of hydrogen-bond acceptors (Lipinski definition) is 3. The summed E-state index contributed by atoms with van der Waals surface area (Å²) in [5.41, 5.74) is 0. The van der Waals surface area contributed by atoms with E-state index in [1.54, 1.807) is 7.05 Å². The van der Waals surface area contributed by atoms with E-state index in [2.05, 4.69) is 5.32 Å². The van der Waals surface area contributed by atoms with Gasteiger partial charge in [-0.1, -0.05) is 0 Å². The number of nitrogens with zero attached hydrogens (tertiary/aromatic N) is 1. The van der Waals surface area contributed by atoms with Crippen molar-refractivity contribution in [3.8, 4) is 0 Å². The van der Waals surface area contributed by atoms with Crippen LogP contribution >= 0.6 is 0 Å². The summed E-state index contributed by atoms with van der Waals surface area (Å²) in [5, 5.41) is 2.94. The Balaban J connectivity index is 2.46. The minimum Gasteiger partial charge on any atom is -0.375 e. The fourth-order valence-corrected chi connectivity index (χ4v) is 1.42.